The molecule has 0 saturated heterocycles. The predicted octanol–water partition coefficient (Wildman–Crippen LogP) is 4.00. The van der Waals surface area contributed by atoms with Gasteiger partial charge in [-0.1, -0.05) is 32.3 Å². The minimum atomic E-state index is -0.973. The summed E-state index contributed by atoms with van der Waals surface area (Å²) in [6.45, 7) is 4.03. The van der Waals surface area contributed by atoms with Crippen molar-refractivity contribution in [1.82, 2.24) is 0 Å². The molecule has 0 atom stereocenters. The van der Waals surface area contributed by atoms with Crippen LogP contribution in [0.2, 0.25) is 0 Å². The van der Waals surface area contributed by atoms with Crippen molar-refractivity contribution < 1.29 is 14.7 Å². The fraction of sp³-hybridized carbons (Fsp3) is 0.412. The van der Waals surface area contributed by atoms with E-state index in [1.807, 2.05) is 19.1 Å². The van der Waals surface area contributed by atoms with Gasteiger partial charge in [-0.3, -0.25) is 4.79 Å². The molecule has 0 aliphatic carbocycles. The summed E-state index contributed by atoms with van der Waals surface area (Å²) in [4.78, 5) is 22.3. The van der Waals surface area contributed by atoms with Crippen molar-refractivity contribution in [2.75, 3.05) is 5.32 Å². The molecule has 2 N–H and O–H groups in total. The van der Waals surface area contributed by atoms with Crippen LogP contribution in [0.1, 0.15) is 50.2 Å². The van der Waals surface area contributed by atoms with E-state index in [0.29, 0.717) is 6.42 Å². The molecule has 0 fully saturated rings. The Hall–Kier alpha value is -2.10. The van der Waals surface area contributed by atoms with E-state index >= 15 is 0 Å². The van der Waals surface area contributed by atoms with E-state index in [4.69, 9.17) is 5.11 Å². The van der Waals surface area contributed by atoms with Crippen molar-refractivity contribution in [3.8, 4) is 0 Å². The van der Waals surface area contributed by atoms with E-state index in [-0.39, 0.29) is 5.91 Å². The molecule has 0 spiro atoms. The molecular weight excluding hydrogens is 266 g/mol. The Kier molecular flexibility index (Phi) is 7.23. The van der Waals surface area contributed by atoms with Crippen LogP contribution in [0.15, 0.2) is 24.3 Å². The quantitative estimate of drug-likeness (QED) is 0.561. The first-order chi connectivity index (χ1) is 10.0. The van der Waals surface area contributed by atoms with Crippen LogP contribution in [0.5, 0.6) is 0 Å². The van der Waals surface area contributed by atoms with E-state index in [1.54, 1.807) is 12.1 Å². The van der Waals surface area contributed by atoms with E-state index in [1.165, 1.54) is 0 Å². The van der Waals surface area contributed by atoms with E-state index in [9.17, 15) is 9.59 Å². The second-order valence-electron chi connectivity index (χ2n) is 5.10. The van der Waals surface area contributed by atoms with Crippen LogP contribution in [0.3, 0.4) is 0 Å². The first kappa shape index (κ1) is 17.0. The number of carbonyl (C=O) groups excluding carboxylic acids is 1. The molecule has 0 radical (unpaired) electrons. The van der Waals surface area contributed by atoms with E-state index in [2.05, 4.69) is 12.2 Å². The third-order valence-electron chi connectivity index (χ3n) is 3.22. The summed E-state index contributed by atoms with van der Waals surface area (Å²) in [5, 5.41) is 11.5. The minimum Gasteiger partial charge on any atom is -0.478 e. The molecule has 0 heterocycles. The summed E-state index contributed by atoms with van der Waals surface area (Å²) in [6.07, 6.45) is 7.52. The second-order valence-corrected chi connectivity index (χ2v) is 5.10. The summed E-state index contributed by atoms with van der Waals surface area (Å²) in [7, 11) is 0. The largest absolute Gasteiger partial charge is 0.478 e. The zero-order valence-electron chi connectivity index (χ0n) is 12.7. The van der Waals surface area contributed by atoms with Gasteiger partial charge in [-0.05, 0) is 42.7 Å². The highest BCUT2D eigenvalue weighted by Gasteiger charge is 2.04. The number of rotatable bonds is 8. The number of aryl methyl sites for hydroxylation is 1. The van der Waals surface area contributed by atoms with Crippen molar-refractivity contribution in [2.45, 2.75) is 46.0 Å². The molecule has 1 aromatic rings. The van der Waals surface area contributed by atoms with E-state index < -0.39 is 5.97 Å². The predicted molar refractivity (Wildman–Crippen MR) is 85.2 cm³/mol. The number of carboxylic acids is 1. The van der Waals surface area contributed by atoms with Gasteiger partial charge in [0.15, 0.2) is 0 Å². The molecule has 4 heteroatoms. The summed E-state index contributed by atoms with van der Waals surface area (Å²) in [5.41, 5.74) is 2.51. The van der Waals surface area contributed by atoms with Gasteiger partial charge in [0.1, 0.15) is 0 Å². The number of hydrogen-bond acceptors (Lipinski definition) is 2. The third-order valence-corrected chi connectivity index (χ3v) is 3.22. The molecule has 0 aliphatic heterocycles. The third kappa shape index (κ3) is 6.75. The van der Waals surface area contributed by atoms with Gasteiger partial charge in [0, 0.05) is 18.2 Å². The maximum absolute atomic E-state index is 11.8. The van der Waals surface area contributed by atoms with Crippen LogP contribution >= 0.6 is 0 Å². The van der Waals surface area contributed by atoms with Gasteiger partial charge in [0.05, 0.1) is 0 Å². The van der Waals surface area contributed by atoms with Gasteiger partial charge in [-0.15, -0.1) is 0 Å². The Balaban J connectivity index is 2.55. The normalized spacial score (nSPS) is 10.8. The summed E-state index contributed by atoms with van der Waals surface area (Å²) in [6, 6.07) is 5.45. The number of nitrogens with one attached hydrogen (secondary N) is 1. The highest BCUT2D eigenvalue weighted by Crippen LogP contribution is 2.17. The molecule has 0 aromatic heterocycles. The minimum absolute atomic E-state index is 0.0272. The highest BCUT2D eigenvalue weighted by atomic mass is 16.4. The van der Waals surface area contributed by atoms with Gasteiger partial charge in [-0.2, -0.15) is 0 Å². The van der Waals surface area contributed by atoms with E-state index in [0.717, 1.165) is 48.6 Å². The van der Waals surface area contributed by atoms with Crippen molar-refractivity contribution in [3.63, 3.8) is 0 Å². The smallest absolute Gasteiger partial charge is 0.328 e. The molecular formula is C17H23NO3. The standard InChI is InChI=1S/C17H23NO3/c1-3-4-5-6-7-16(19)18-15-10-8-14(13(2)12-15)9-11-17(20)21/h8-12H,3-7H2,1-2H3,(H,18,19)(H,20,21)/b11-9+. The lowest BCUT2D eigenvalue weighted by Crippen LogP contribution is -2.11. The number of amides is 1. The zero-order chi connectivity index (χ0) is 15.7. The maximum Gasteiger partial charge on any atom is 0.328 e. The number of unbranched alkanes of at least 4 members (excludes halogenated alkanes) is 3. The first-order valence-corrected chi connectivity index (χ1v) is 7.34. The fourth-order valence-corrected chi connectivity index (χ4v) is 2.04. The SMILES string of the molecule is CCCCCCC(=O)Nc1ccc(/C=C/C(=O)O)c(C)c1. The Morgan fingerprint density at radius 3 is 2.62 bits per heavy atom. The monoisotopic (exact) mass is 289 g/mol. The fourth-order valence-electron chi connectivity index (χ4n) is 2.04. The number of anilines is 1. The van der Waals surface area contributed by atoms with Crippen LogP contribution < -0.4 is 5.32 Å². The first-order valence-electron chi connectivity index (χ1n) is 7.34. The topological polar surface area (TPSA) is 66.4 Å². The molecule has 114 valence electrons. The Morgan fingerprint density at radius 2 is 2.00 bits per heavy atom. The number of carboxylic acid groups (broad SMARTS) is 1. The molecule has 1 rings (SSSR count). The number of benzene rings is 1. The van der Waals surface area contributed by atoms with Gasteiger partial charge in [0.25, 0.3) is 0 Å². The molecule has 0 aliphatic rings. The van der Waals surface area contributed by atoms with Gasteiger partial charge in [0.2, 0.25) is 5.91 Å². The van der Waals surface area contributed by atoms with Crippen LogP contribution in [0.4, 0.5) is 5.69 Å². The summed E-state index contributed by atoms with van der Waals surface area (Å²) < 4.78 is 0. The Morgan fingerprint density at radius 1 is 1.24 bits per heavy atom. The molecule has 0 saturated carbocycles. The second kappa shape index (κ2) is 8.95. The van der Waals surface area contributed by atoms with Crippen molar-refractivity contribution in [3.05, 3.63) is 35.4 Å². The van der Waals surface area contributed by atoms with Gasteiger partial charge < -0.3 is 10.4 Å². The van der Waals surface area contributed by atoms with Crippen molar-refractivity contribution in [1.29, 1.82) is 0 Å². The average molecular weight is 289 g/mol. The highest BCUT2D eigenvalue weighted by molar-refractivity contribution is 5.91. The van der Waals surface area contributed by atoms with Crippen molar-refractivity contribution >= 4 is 23.6 Å². The van der Waals surface area contributed by atoms with Crippen molar-refractivity contribution in [2.24, 2.45) is 0 Å². The molecule has 1 amide bonds. The van der Waals surface area contributed by atoms with Crippen LogP contribution in [-0.4, -0.2) is 17.0 Å². The lowest BCUT2D eigenvalue weighted by Gasteiger charge is -2.08. The molecule has 0 bridgehead atoms. The molecule has 1 aromatic carbocycles. The lowest BCUT2D eigenvalue weighted by atomic mass is 10.1. The summed E-state index contributed by atoms with van der Waals surface area (Å²) >= 11 is 0. The maximum atomic E-state index is 11.8. The van der Waals surface area contributed by atoms with Crippen LogP contribution in [-0.2, 0) is 9.59 Å². The molecule has 21 heavy (non-hydrogen) atoms. The Labute approximate surface area is 125 Å². The zero-order valence-corrected chi connectivity index (χ0v) is 12.7. The number of aliphatic carboxylic acids is 1. The van der Waals surface area contributed by atoms with Gasteiger partial charge in [-0.25, -0.2) is 4.79 Å². The average Bonchev–Trinajstić information content (AvgIpc) is 2.42. The molecule has 0 unspecified atom stereocenters. The lowest BCUT2D eigenvalue weighted by molar-refractivity contribution is -0.131. The molecule has 4 nitrogen and oxygen atoms in total. The number of carbonyl (C=O) groups is 2. The number of hydrogen-bond donors (Lipinski definition) is 2. The summed E-state index contributed by atoms with van der Waals surface area (Å²) in [5.74, 6) is -0.946. The van der Waals surface area contributed by atoms with Crippen LogP contribution in [0, 0.1) is 6.92 Å². The Bertz CT molecular complexity index is 521. The van der Waals surface area contributed by atoms with Gasteiger partial charge >= 0.3 is 5.97 Å². The van der Waals surface area contributed by atoms with Crippen LogP contribution in [0.25, 0.3) is 6.08 Å².